The van der Waals surface area contributed by atoms with Gasteiger partial charge in [0.1, 0.15) is 10.4 Å². The van der Waals surface area contributed by atoms with Crippen molar-refractivity contribution in [2.45, 2.75) is 4.90 Å². The van der Waals surface area contributed by atoms with Gasteiger partial charge < -0.3 is 4.98 Å². The number of nitrogens with one attached hydrogen (secondary N) is 2. The maximum atomic E-state index is 12.7. The van der Waals surface area contributed by atoms with Crippen molar-refractivity contribution in [1.29, 1.82) is 0 Å². The normalized spacial score (nSPS) is 12.0. The highest BCUT2D eigenvalue weighted by Gasteiger charge is 2.21. The van der Waals surface area contributed by atoms with Crippen LogP contribution in [0.25, 0.3) is 21.9 Å². The van der Waals surface area contributed by atoms with Crippen LogP contribution in [-0.2, 0) is 10.0 Å². The number of aromatic amines is 1. The molecule has 2 heterocycles. The molecular weight excluding hydrogens is 340 g/mol. The highest BCUT2D eigenvalue weighted by molar-refractivity contribution is 7.93. The zero-order chi connectivity index (χ0) is 16.0. The summed E-state index contributed by atoms with van der Waals surface area (Å²) in [6.45, 7) is 0. The van der Waals surface area contributed by atoms with Gasteiger partial charge in [-0.3, -0.25) is 4.72 Å². The van der Waals surface area contributed by atoms with Crippen LogP contribution in [0.4, 0.5) is 5.69 Å². The number of anilines is 1. The molecule has 0 fully saturated rings. The summed E-state index contributed by atoms with van der Waals surface area (Å²) < 4.78 is 32.5. The lowest BCUT2D eigenvalue weighted by atomic mass is 10.2. The molecule has 0 aliphatic heterocycles. The van der Waals surface area contributed by atoms with Gasteiger partial charge in [0.25, 0.3) is 10.0 Å². The second-order valence-corrected chi connectivity index (χ2v) is 6.97. The fourth-order valence-electron chi connectivity index (χ4n) is 2.38. The molecule has 0 saturated carbocycles. The van der Waals surface area contributed by atoms with Crippen LogP contribution in [0, 0.1) is 0 Å². The van der Waals surface area contributed by atoms with Gasteiger partial charge in [-0.05, 0) is 40.6 Å². The van der Waals surface area contributed by atoms with Crippen LogP contribution in [0.5, 0.6) is 0 Å². The molecule has 2 N–H and O–H groups in total. The second kappa shape index (κ2) is 4.97. The number of nitrogens with zero attached hydrogens (tertiary/aromatic N) is 2. The van der Waals surface area contributed by atoms with Crippen LogP contribution in [0.1, 0.15) is 0 Å². The van der Waals surface area contributed by atoms with Gasteiger partial charge in [-0.15, -0.1) is 0 Å². The van der Waals surface area contributed by atoms with Crippen LogP contribution in [-0.4, -0.2) is 23.7 Å². The van der Waals surface area contributed by atoms with E-state index in [2.05, 4.69) is 24.6 Å². The standard InChI is InChI=1S/C14H9ClN4O3S/c15-8-4-5-9-12(6-8)16-7-13(9)23(20,21)19-11-3-1-2-10-14(11)18-22-17-10/h1-7,16,19H. The first-order valence-electron chi connectivity index (χ1n) is 6.55. The Hall–Kier alpha value is -2.58. The van der Waals surface area contributed by atoms with E-state index < -0.39 is 10.0 Å². The van der Waals surface area contributed by atoms with Crippen LogP contribution in [0.2, 0.25) is 5.02 Å². The summed E-state index contributed by atoms with van der Waals surface area (Å²) >= 11 is 5.91. The third-order valence-corrected chi connectivity index (χ3v) is 5.07. The minimum atomic E-state index is -3.81. The van der Waals surface area contributed by atoms with Crippen LogP contribution in [0.3, 0.4) is 0 Å². The zero-order valence-corrected chi connectivity index (χ0v) is 13.0. The number of sulfonamides is 1. The molecule has 9 heteroatoms. The number of halogens is 1. The molecule has 2 aromatic carbocycles. The summed E-state index contributed by atoms with van der Waals surface area (Å²) in [6.07, 6.45) is 1.42. The molecule has 0 amide bonds. The van der Waals surface area contributed by atoms with E-state index in [9.17, 15) is 8.42 Å². The van der Waals surface area contributed by atoms with Crippen molar-refractivity contribution in [2.75, 3.05) is 4.72 Å². The topological polar surface area (TPSA) is 101 Å². The van der Waals surface area contributed by atoms with Crippen LogP contribution < -0.4 is 4.72 Å². The monoisotopic (exact) mass is 348 g/mol. The minimum Gasteiger partial charge on any atom is -0.360 e. The summed E-state index contributed by atoms with van der Waals surface area (Å²) in [7, 11) is -3.81. The number of aromatic nitrogens is 3. The average molecular weight is 349 g/mol. The predicted octanol–water partition coefficient (Wildman–Crippen LogP) is 3.16. The summed E-state index contributed by atoms with van der Waals surface area (Å²) in [5.41, 5.74) is 1.75. The van der Waals surface area contributed by atoms with Gasteiger partial charge in [0, 0.05) is 22.1 Å². The summed E-state index contributed by atoms with van der Waals surface area (Å²) in [5.74, 6) is 0. The largest absolute Gasteiger partial charge is 0.360 e. The van der Waals surface area contributed by atoms with Gasteiger partial charge in [-0.2, -0.15) is 0 Å². The summed E-state index contributed by atoms with van der Waals surface area (Å²) in [6, 6.07) is 9.89. The lowest BCUT2D eigenvalue weighted by molar-refractivity contribution is 0.315. The number of hydrogen-bond donors (Lipinski definition) is 2. The fraction of sp³-hybridized carbons (Fsp3) is 0. The molecule has 0 aliphatic carbocycles. The van der Waals surface area contributed by atoms with Crippen molar-refractivity contribution in [3.05, 3.63) is 47.6 Å². The minimum absolute atomic E-state index is 0.123. The van der Waals surface area contributed by atoms with E-state index in [1.807, 2.05) is 0 Å². The highest BCUT2D eigenvalue weighted by Crippen LogP contribution is 2.28. The molecule has 0 bridgehead atoms. The Labute approximate surface area is 135 Å². The SMILES string of the molecule is O=S(=O)(Nc1cccc2nonc12)c1c[nH]c2cc(Cl)ccc12. The van der Waals surface area contributed by atoms with Crippen LogP contribution >= 0.6 is 11.6 Å². The van der Waals surface area contributed by atoms with Crippen molar-refractivity contribution in [2.24, 2.45) is 0 Å². The van der Waals surface area contributed by atoms with Gasteiger partial charge in [-0.1, -0.05) is 17.7 Å². The fourth-order valence-corrected chi connectivity index (χ4v) is 3.80. The lowest BCUT2D eigenvalue weighted by Gasteiger charge is -2.07. The van der Waals surface area contributed by atoms with Crippen LogP contribution in [0.15, 0.2) is 52.1 Å². The summed E-state index contributed by atoms with van der Waals surface area (Å²) in [5, 5.41) is 8.48. The molecule has 0 atom stereocenters. The van der Waals surface area contributed by atoms with Gasteiger partial charge in [0.15, 0.2) is 5.52 Å². The van der Waals surface area contributed by atoms with Crippen molar-refractivity contribution in [3.63, 3.8) is 0 Å². The third kappa shape index (κ3) is 2.32. The van der Waals surface area contributed by atoms with Gasteiger partial charge in [0.2, 0.25) is 0 Å². The van der Waals surface area contributed by atoms with E-state index in [1.54, 1.807) is 36.4 Å². The van der Waals surface area contributed by atoms with Gasteiger partial charge in [-0.25, -0.2) is 13.0 Å². The maximum absolute atomic E-state index is 12.7. The molecule has 4 rings (SSSR count). The van der Waals surface area contributed by atoms with Crippen molar-refractivity contribution in [1.82, 2.24) is 15.3 Å². The molecule has 23 heavy (non-hydrogen) atoms. The van der Waals surface area contributed by atoms with E-state index in [-0.39, 0.29) is 4.90 Å². The number of hydrogen-bond acceptors (Lipinski definition) is 5. The van der Waals surface area contributed by atoms with E-state index in [0.717, 1.165) is 0 Å². The first-order valence-corrected chi connectivity index (χ1v) is 8.41. The quantitative estimate of drug-likeness (QED) is 0.592. The zero-order valence-electron chi connectivity index (χ0n) is 11.4. The molecule has 0 saturated heterocycles. The van der Waals surface area contributed by atoms with Crippen molar-refractivity contribution in [3.8, 4) is 0 Å². The summed E-state index contributed by atoms with van der Waals surface area (Å²) in [4.78, 5) is 3.03. The molecule has 0 aliphatic rings. The first kappa shape index (κ1) is 14.0. The second-order valence-electron chi connectivity index (χ2n) is 4.89. The Bertz CT molecular complexity index is 1130. The Morgan fingerprint density at radius 2 is 2.04 bits per heavy atom. The van der Waals surface area contributed by atoms with E-state index in [1.165, 1.54) is 6.20 Å². The lowest BCUT2D eigenvalue weighted by Crippen LogP contribution is -2.12. The molecule has 0 radical (unpaired) electrons. The highest BCUT2D eigenvalue weighted by atomic mass is 35.5. The predicted molar refractivity (Wildman–Crippen MR) is 85.9 cm³/mol. The van der Waals surface area contributed by atoms with Gasteiger partial charge >= 0.3 is 0 Å². The number of fused-ring (bicyclic) bond motifs is 2. The molecule has 0 spiro atoms. The van der Waals surface area contributed by atoms with E-state index in [0.29, 0.717) is 32.6 Å². The van der Waals surface area contributed by atoms with Crippen molar-refractivity contribution < 1.29 is 13.0 Å². The maximum Gasteiger partial charge on any atom is 0.264 e. The number of rotatable bonds is 3. The molecule has 0 unspecified atom stereocenters. The average Bonchev–Trinajstić information content (AvgIpc) is 3.13. The Kier molecular flexibility index (Phi) is 3.03. The molecule has 2 aromatic heterocycles. The molecule has 116 valence electrons. The van der Waals surface area contributed by atoms with E-state index in [4.69, 9.17) is 11.6 Å². The molecule has 4 aromatic rings. The van der Waals surface area contributed by atoms with E-state index >= 15 is 0 Å². The Morgan fingerprint density at radius 1 is 1.17 bits per heavy atom. The number of benzene rings is 2. The molecular formula is C14H9ClN4O3S. The molecule has 7 nitrogen and oxygen atoms in total. The van der Waals surface area contributed by atoms with Gasteiger partial charge in [0.05, 0.1) is 5.69 Å². The van der Waals surface area contributed by atoms with Crippen molar-refractivity contribution >= 4 is 49.2 Å². The number of H-pyrrole nitrogens is 1. The first-order chi connectivity index (χ1) is 11.0. The Balaban J connectivity index is 1.82. The smallest absolute Gasteiger partial charge is 0.264 e. The Morgan fingerprint density at radius 3 is 2.91 bits per heavy atom. The third-order valence-electron chi connectivity index (χ3n) is 3.43.